The molecule has 0 unspecified atom stereocenters. The van der Waals surface area contributed by atoms with E-state index in [1.54, 1.807) is 11.3 Å². The SMILES string of the molecule is CCC(CC)NC(=O)N1CCN(c2nc3c(C)ccc(Cl)c3s2)CC1. The molecule has 0 bridgehead atoms. The van der Waals surface area contributed by atoms with Gasteiger partial charge in [0.2, 0.25) is 0 Å². The maximum atomic E-state index is 12.4. The molecule has 0 saturated carbocycles. The van der Waals surface area contributed by atoms with Crippen molar-refractivity contribution in [3.05, 3.63) is 22.7 Å². The van der Waals surface area contributed by atoms with E-state index < -0.39 is 0 Å². The standard InChI is InChI=1S/C18H25ClN4OS/c1-4-13(5-2)20-17(24)22-8-10-23(11-9-22)18-21-15-12(3)6-7-14(19)16(15)25-18/h6-7,13H,4-5,8-11H2,1-3H3,(H,20,24). The molecule has 136 valence electrons. The number of anilines is 1. The molecule has 25 heavy (non-hydrogen) atoms. The summed E-state index contributed by atoms with van der Waals surface area (Å²) in [6.45, 7) is 9.30. The van der Waals surface area contributed by atoms with Gasteiger partial charge in [-0.05, 0) is 31.4 Å². The van der Waals surface area contributed by atoms with Crippen LogP contribution >= 0.6 is 22.9 Å². The highest BCUT2D eigenvalue weighted by atomic mass is 35.5. The number of fused-ring (bicyclic) bond motifs is 1. The zero-order valence-corrected chi connectivity index (χ0v) is 16.6. The van der Waals surface area contributed by atoms with Crippen molar-refractivity contribution in [1.29, 1.82) is 0 Å². The summed E-state index contributed by atoms with van der Waals surface area (Å²) < 4.78 is 1.05. The average Bonchev–Trinajstić information content (AvgIpc) is 3.09. The van der Waals surface area contributed by atoms with E-state index in [2.05, 4.69) is 31.0 Å². The molecule has 1 aliphatic rings. The molecule has 0 spiro atoms. The van der Waals surface area contributed by atoms with Gasteiger partial charge in [-0.1, -0.05) is 42.9 Å². The minimum absolute atomic E-state index is 0.0524. The van der Waals surface area contributed by atoms with Crippen LogP contribution in [0, 0.1) is 6.92 Å². The van der Waals surface area contributed by atoms with E-state index in [0.717, 1.165) is 51.9 Å². The van der Waals surface area contributed by atoms with Gasteiger partial charge < -0.3 is 15.1 Å². The first-order chi connectivity index (χ1) is 12.0. The molecular weight excluding hydrogens is 356 g/mol. The Kier molecular flexibility index (Phi) is 5.69. The Morgan fingerprint density at radius 2 is 1.96 bits per heavy atom. The van der Waals surface area contributed by atoms with Gasteiger partial charge in [-0.15, -0.1) is 0 Å². The maximum Gasteiger partial charge on any atom is 0.317 e. The zero-order chi connectivity index (χ0) is 18.0. The topological polar surface area (TPSA) is 48.5 Å². The van der Waals surface area contributed by atoms with Crippen LogP contribution in [0.3, 0.4) is 0 Å². The molecule has 2 heterocycles. The lowest BCUT2D eigenvalue weighted by atomic mass is 10.2. The number of urea groups is 1. The van der Waals surface area contributed by atoms with Crippen LogP contribution < -0.4 is 10.2 Å². The predicted molar refractivity (Wildman–Crippen MR) is 106 cm³/mol. The third-order valence-corrected chi connectivity index (χ3v) is 6.41. The van der Waals surface area contributed by atoms with Crippen LogP contribution in [0.2, 0.25) is 5.02 Å². The van der Waals surface area contributed by atoms with Crippen LogP contribution in [0.15, 0.2) is 12.1 Å². The summed E-state index contributed by atoms with van der Waals surface area (Å²) in [4.78, 5) is 21.3. The number of aromatic nitrogens is 1. The van der Waals surface area contributed by atoms with Gasteiger partial charge in [-0.25, -0.2) is 9.78 Å². The molecule has 5 nitrogen and oxygen atoms in total. The normalized spacial score (nSPS) is 15.2. The Bertz CT molecular complexity index is 712. The number of aryl methyl sites for hydroxylation is 1. The van der Waals surface area contributed by atoms with Gasteiger partial charge in [-0.3, -0.25) is 0 Å². The number of hydrogen-bond donors (Lipinski definition) is 1. The molecule has 1 fully saturated rings. The van der Waals surface area contributed by atoms with Gasteiger partial charge in [0.05, 0.1) is 15.2 Å². The summed E-state index contributed by atoms with van der Waals surface area (Å²) in [7, 11) is 0. The summed E-state index contributed by atoms with van der Waals surface area (Å²) in [5.41, 5.74) is 2.13. The molecule has 1 aromatic heterocycles. The van der Waals surface area contributed by atoms with Crippen molar-refractivity contribution in [1.82, 2.24) is 15.2 Å². The molecule has 0 radical (unpaired) electrons. The smallest absolute Gasteiger partial charge is 0.317 e. The Morgan fingerprint density at radius 1 is 1.28 bits per heavy atom. The minimum Gasteiger partial charge on any atom is -0.345 e. The van der Waals surface area contributed by atoms with Crippen molar-refractivity contribution in [3.63, 3.8) is 0 Å². The van der Waals surface area contributed by atoms with Gasteiger partial charge in [0.25, 0.3) is 0 Å². The fourth-order valence-electron chi connectivity index (χ4n) is 3.09. The van der Waals surface area contributed by atoms with E-state index >= 15 is 0 Å². The first kappa shape index (κ1) is 18.3. The van der Waals surface area contributed by atoms with E-state index in [4.69, 9.17) is 16.6 Å². The quantitative estimate of drug-likeness (QED) is 0.861. The number of nitrogens with zero attached hydrogens (tertiary/aromatic N) is 3. The number of carbonyl (C=O) groups excluding carboxylic acids is 1. The van der Waals surface area contributed by atoms with E-state index in [1.165, 1.54) is 0 Å². The van der Waals surface area contributed by atoms with E-state index in [0.29, 0.717) is 13.1 Å². The zero-order valence-electron chi connectivity index (χ0n) is 15.0. The van der Waals surface area contributed by atoms with Crippen LogP contribution in [0.1, 0.15) is 32.3 Å². The fourth-order valence-corrected chi connectivity index (χ4v) is 4.45. The van der Waals surface area contributed by atoms with Crippen LogP contribution in [0.25, 0.3) is 10.2 Å². The molecule has 3 rings (SSSR count). The molecule has 0 aliphatic carbocycles. The third-order valence-electron chi connectivity index (χ3n) is 4.84. The third kappa shape index (κ3) is 3.85. The second-order valence-electron chi connectivity index (χ2n) is 6.48. The number of thiazole rings is 1. The Hall–Kier alpha value is -1.53. The summed E-state index contributed by atoms with van der Waals surface area (Å²) in [6, 6.07) is 4.26. The molecule has 1 N–H and O–H groups in total. The van der Waals surface area contributed by atoms with Crippen LogP contribution in [0.5, 0.6) is 0 Å². The molecule has 1 saturated heterocycles. The van der Waals surface area contributed by atoms with Gasteiger partial charge >= 0.3 is 6.03 Å². The number of amides is 2. The van der Waals surface area contributed by atoms with Crippen molar-refractivity contribution >= 4 is 44.3 Å². The van der Waals surface area contributed by atoms with Crippen molar-refractivity contribution in [2.75, 3.05) is 31.1 Å². The summed E-state index contributed by atoms with van der Waals surface area (Å²) in [6.07, 6.45) is 1.93. The van der Waals surface area contributed by atoms with Gasteiger partial charge in [0.1, 0.15) is 0 Å². The molecule has 0 atom stereocenters. The van der Waals surface area contributed by atoms with Gasteiger partial charge in [-0.2, -0.15) is 0 Å². The number of rotatable bonds is 4. The Labute approximate surface area is 158 Å². The number of hydrogen-bond acceptors (Lipinski definition) is 4. The van der Waals surface area contributed by atoms with Gasteiger partial charge in [0.15, 0.2) is 5.13 Å². The van der Waals surface area contributed by atoms with Gasteiger partial charge in [0, 0.05) is 32.2 Å². The van der Waals surface area contributed by atoms with E-state index in [-0.39, 0.29) is 12.1 Å². The summed E-state index contributed by atoms with van der Waals surface area (Å²) in [5.74, 6) is 0. The first-order valence-corrected chi connectivity index (χ1v) is 10.1. The second kappa shape index (κ2) is 7.79. The van der Waals surface area contributed by atoms with E-state index in [9.17, 15) is 4.79 Å². The molecular formula is C18H25ClN4OS. The van der Waals surface area contributed by atoms with E-state index in [1.807, 2.05) is 17.0 Å². The lowest BCUT2D eigenvalue weighted by Gasteiger charge is -2.35. The number of piperazine rings is 1. The highest BCUT2D eigenvalue weighted by molar-refractivity contribution is 7.22. The highest BCUT2D eigenvalue weighted by Crippen LogP contribution is 2.35. The monoisotopic (exact) mass is 380 g/mol. The Balaban J connectivity index is 1.65. The fraction of sp³-hybridized carbons (Fsp3) is 0.556. The van der Waals surface area contributed by atoms with Crippen molar-refractivity contribution in [2.24, 2.45) is 0 Å². The lowest BCUT2D eigenvalue weighted by molar-refractivity contribution is 0.189. The average molecular weight is 381 g/mol. The largest absolute Gasteiger partial charge is 0.345 e. The number of benzene rings is 1. The molecule has 1 aromatic carbocycles. The first-order valence-electron chi connectivity index (χ1n) is 8.89. The van der Waals surface area contributed by atoms with Crippen LogP contribution in [0.4, 0.5) is 9.93 Å². The molecule has 7 heteroatoms. The maximum absolute atomic E-state index is 12.4. The summed E-state index contributed by atoms with van der Waals surface area (Å²) in [5, 5.41) is 4.86. The van der Waals surface area contributed by atoms with Crippen LogP contribution in [-0.2, 0) is 0 Å². The minimum atomic E-state index is 0.0524. The highest BCUT2D eigenvalue weighted by Gasteiger charge is 2.24. The number of halogens is 1. The molecule has 1 aliphatic heterocycles. The summed E-state index contributed by atoms with van der Waals surface area (Å²) >= 11 is 7.95. The van der Waals surface area contributed by atoms with Crippen molar-refractivity contribution < 1.29 is 4.79 Å². The number of nitrogens with one attached hydrogen (secondary N) is 1. The predicted octanol–water partition coefficient (Wildman–Crippen LogP) is 4.28. The lowest BCUT2D eigenvalue weighted by Crippen LogP contribution is -2.53. The van der Waals surface area contributed by atoms with Crippen molar-refractivity contribution in [3.8, 4) is 0 Å². The molecule has 2 aromatic rings. The van der Waals surface area contributed by atoms with Crippen LogP contribution in [-0.4, -0.2) is 48.1 Å². The van der Waals surface area contributed by atoms with Crippen molar-refractivity contribution in [2.45, 2.75) is 39.7 Å². The number of carbonyl (C=O) groups is 1. The molecule has 2 amide bonds. The Morgan fingerprint density at radius 3 is 2.56 bits per heavy atom. The second-order valence-corrected chi connectivity index (χ2v) is 7.86.